The van der Waals surface area contributed by atoms with Gasteiger partial charge in [0.05, 0.1) is 4.92 Å². The normalized spacial score (nSPS) is 12.7. The van der Waals surface area contributed by atoms with Crippen LogP contribution in [0.1, 0.15) is 19.8 Å². The van der Waals surface area contributed by atoms with Crippen LogP contribution in [0, 0.1) is 22.5 Å². The average molecular weight is 361 g/mol. The molecule has 0 heterocycles. The molecular formula is C12H13BrN2O4S. The summed E-state index contributed by atoms with van der Waals surface area (Å²) in [6.07, 6.45) is 5.88. The lowest BCUT2D eigenvalue weighted by atomic mass is 10.2. The molecule has 0 fully saturated rings. The van der Waals surface area contributed by atoms with E-state index in [1.165, 1.54) is 12.1 Å². The minimum atomic E-state index is -4.01. The van der Waals surface area contributed by atoms with E-state index in [0.717, 1.165) is 6.07 Å². The zero-order valence-corrected chi connectivity index (χ0v) is 13.1. The van der Waals surface area contributed by atoms with Gasteiger partial charge >= 0.3 is 0 Å². The number of nitrogens with one attached hydrogen (secondary N) is 1. The SMILES string of the molecule is C#CCC(CC)NS(=O)(=O)c1cc(Br)ccc1[N+](=O)[O-]. The van der Waals surface area contributed by atoms with E-state index in [9.17, 15) is 18.5 Å². The van der Waals surface area contributed by atoms with Crippen molar-refractivity contribution in [2.24, 2.45) is 0 Å². The summed E-state index contributed by atoms with van der Waals surface area (Å²) < 4.78 is 27.3. The second-order valence-electron chi connectivity index (χ2n) is 4.00. The minimum Gasteiger partial charge on any atom is -0.258 e. The molecule has 6 nitrogen and oxygen atoms in total. The highest BCUT2D eigenvalue weighted by molar-refractivity contribution is 9.10. The molecule has 1 N–H and O–H groups in total. The van der Waals surface area contributed by atoms with E-state index in [0.29, 0.717) is 10.9 Å². The van der Waals surface area contributed by atoms with Crippen LogP contribution in [0.3, 0.4) is 0 Å². The molecule has 0 aliphatic heterocycles. The third-order valence-corrected chi connectivity index (χ3v) is 4.63. The Morgan fingerprint density at radius 1 is 1.55 bits per heavy atom. The molecule has 0 saturated heterocycles. The van der Waals surface area contributed by atoms with Crippen LogP contribution in [0.25, 0.3) is 0 Å². The molecule has 1 aromatic carbocycles. The number of terminal acetylenes is 1. The highest BCUT2D eigenvalue weighted by atomic mass is 79.9. The molecule has 8 heteroatoms. The van der Waals surface area contributed by atoms with Crippen LogP contribution in [0.5, 0.6) is 0 Å². The van der Waals surface area contributed by atoms with Gasteiger partial charge in [-0.05, 0) is 18.6 Å². The summed E-state index contributed by atoms with van der Waals surface area (Å²) in [5.74, 6) is 2.37. The van der Waals surface area contributed by atoms with E-state index >= 15 is 0 Å². The van der Waals surface area contributed by atoms with Gasteiger partial charge in [-0.2, -0.15) is 0 Å². The van der Waals surface area contributed by atoms with Crippen molar-refractivity contribution in [3.63, 3.8) is 0 Å². The highest BCUT2D eigenvalue weighted by Gasteiger charge is 2.27. The monoisotopic (exact) mass is 360 g/mol. The molecule has 1 atom stereocenters. The molecule has 0 radical (unpaired) electrons. The molecule has 0 amide bonds. The van der Waals surface area contributed by atoms with Gasteiger partial charge in [0.2, 0.25) is 10.0 Å². The van der Waals surface area contributed by atoms with Crippen molar-refractivity contribution in [1.29, 1.82) is 0 Å². The fraction of sp³-hybridized carbons (Fsp3) is 0.333. The Kier molecular flexibility index (Phi) is 5.68. The zero-order chi connectivity index (χ0) is 15.3. The first-order chi connectivity index (χ1) is 9.31. The lowest BCUT2D eigenvalue weighted by Gasteiger charge is -2.14. The van der Waals surface area contributed by atoms with Gasteiger partial charge in [0.25, 0.3) is 5.69 Å². The minimum absolute atomic E-state index is 0.220. The van der Waals surface area contributed by atoms with Gasteiger partial charge in [-0.3, -0.25) is 10.1 Å². The lowest BCUT2D eigenvalue weighted by Crippen LogP contribution is -2.34. The number of halogens is 1. The average Bonchev–Trinajstić information content (AvgIpc) is 2.37. The number of nitrogens with zero attached hydrogens (tertiary/aromatic N) is 1. The predicted molar refractivity (Wildman–Crippen MR) is 78.6 cm³/mol. The quantitative estimate of drug-likeness (QED) is 0.479. The maximum Gasteiger partial charge on any atom is 0.289 e. The Labute approximate surface area is 125 Å². The van der Waals surface area contributed by atoms with E-state index in [2.05, 4.69) is 26.6 Å². The van der Waals surface area contributed by atoms with Gasteiger partial charge in [-0.1, -0.05) is 22.9 Å². The van der Waals surface area contributed by atoms with Gasteiger partial charge in [0.15, 0.2) is 4.90 Å². The second kappa shape index (κ2) is 6.83. The fourth-order valence-corrected chi connectivity index (χ4v) is 3.58. The van der Waals surface area contributed by atoms with Crippen LogP contribution in [-0.2, 0) is 10.0 Å². The van der Waals surface area contributed by atoms with E-state index in [1.807, 2.05) is 0 Å². The third-order valence-electron chi connectivity index (χ3n) is 2.59. The van der Waals surface area contributed by atoms with Gasteiger partial charge in [0.1, 0.15) is 0 Å². The molecule has 1 unspecified atom stereocenters. The van der Waals surface area contributed by atoms with Crippen LogP contribution >= 0.6 is 15.9 Å². The molecule has 0 bridgehead atoms. The van der Waals surface area contributed by atoms with Gasteiger partial charge in [0, 0.05) is 23.0 Å². The van der Waals surface area contributed by atoms with Crippen LogP contribution in [-0.4, -0.2) is 19.4 Å². The predicted octanol–water partition coefficient (Wildman–Crippen LogP) is 2.44. The molecule has 0 saturated carbocycles. The topological polar surface area (TPSA) is 89.3 Å². The number of rotatable bonds is 6. The van der Waals surface area contributed by atoms with Gasteiger partial charge in [-0.15, -0.1) is 12.3 Å². The number of nitro groups is 1. The Morgan fingerprint density at radius 3 is 2.70 bits per heavy atom. The lowest BCUT2D eigenvalue weighted by molar-refractivity contribution is -0.387. The molecule has 0 spiro atoms. The Balaban J connectivity index is 3.25. The number of hydrogen-bond acceptors (Lipinski definition) is 4. The zero-order valence-electron chi connectivity index (χ0n) is 10.7. The summed E-state index contributed by atoms with van der Waals surface area (Å²) in [4.78, 5) is 9.81. The summed E-state index contributed by atoms with van der Waals surface area (Å²) in [5.41, 5.74) is -0.476. The van der Waals surface area contributed by atoms with Crippen LogP contribution < -0.4 is 4.72 Å². The van der Waals surface area contributed by atoms with Crippen molar-refractivity contribution >= 4 is 31.6 Å². The largest absolute Gasteiger partial charge is 0.289 e. The van der Waals surface area contributed by atoms with Crippen molar-refractivity contribution in [3.05, 3.63) is 32.8 Å². The van der Waals surface area contributed by atoms with Crippen LogP contribution in [0.4, 0.5) is 5.69 Å². The standard InChI is InChI=1S/C12H13BrN2O4S/c1-3-5-10(4-2)14-20(18,19)12-8-9(13)6-7-11(12)15(16)17/h1,6-8,10,14H,4-5H2,2H3. The first-order valence-corrected chi connectivity index (χ1v) is 7.99. The summed E-state index contributed by atoms with van der Waals surface area (Å²) >= 11 is 3.10. The van der Waals surface area contributed by atoms with Crippen molar-refractivity contribution in [2.75, 3.05) is 0 Å². The van der Waals surface area contributed by atoms with E-state index in [1.54, 1.807) is 6.92 Å². The van der Waals surface area contributed by atoms with Gasteiger partial charge < -0.3 is 0 Å². The number of nitro benzene ring substituents is 1. The highest BCUT2D eigenvalue weighted by Crippen LogP contribution is 2.27. The van der Waals surface area contributed by atoms with Crippen molar-refractivity contribution < 1.29 is 13.3 Å². The summed E-state index contributed by atoms with van der Waals surface area (Å²) in [6, 6.07) is 3.29. The first kappa shape index (κ1) is 16.6. The molecule has 1 aromatic rings. The van der Waals surface area contributed by atoms with Crippen molar-refractivity contribution in [1.82, 2.24) is 4.72 Å². The van der Waals surface area contributed by atoms with Crippen LogP contribution in [0.2, 0.25) is 0 Å². The van der Waals surface area contributed by atoms with Gasteiger partial charge in [-0.25, -0.2) is 13.1 Å². The maximum atomic E-state index is 12.2. The molecule has 0 aliphatic rings. The molecule has 0 aliphatic carbocycles. The van der Waals surface area contributed by atoms with Crippen molar-refractivity contribution in [2.45, 2.75) is 30.7 Å². The van der Waals surface area contributed by atoms with Crippen molar-refractivity contribution in [3.8, 4) is 12.3 Å². The van der Waals surface area contributed by atoms with Crippen LogP contribution in [0.15, 0.2) is 27.6 Å². The fourth-order valence-electron chi connectivity index (χ4n) is 1.55. The molecule has 108 valence electrons. The second-order valence-corrected chi connectivity index (χ2v) is 6.60. The third kappa shape index (κ3) is 4.03. The van der Waals surface area contributed by atoms with E-state index in [-0.39, 0.29) is 11.3 Å². The number of benzene rings is 1. The summed E-state index contributed by atoms with van der Waals surface area (Å²) in [5, 5.41) is 10.9. The summed E-state index contributed by atoms with van der Waals surface area (Å²) in [7, 11) is -4.01. The summed E-state index contributed by atoms with van der Waals surface area (Å²) in [6.45, 7) is 1.78. The molecule has 1 rings (SSSR count). The first-order valence-electron chi connectivity index (χ1n) is 5.71. The maximum absolute atomic E-state index is 12.2. The Bertz CT molecular complexity index is 652. The molecular weight excluding hydrogens is 348 g/mol. The van der Waals surface area contributed by atoms with E-state index in [4.69, 9.17) is 6.42 Å². The van der Waals surface area contributed by atoms with E-state index < -0.39 is 26.7 Å². The molecule has 20 heavy (non-hydrogen) atoms. The number of hydrogen-bond donors (Lipinski definition) is 1. The Hall–Kier alpha value is -1.43. The molecule has 0 aromatic heterocycles. The number of sulfonamides is 1. The smallest absolute Gasteiger partial charge is 0.258 e. The Morgan fingerprint density at radius 2 is 2.20 bits per heavy atom.